The van der Waals surface area contributed by atoms with Gasteiger partial charge in [0.1, 0.15) is 5.75 Å². The van der Waals surface area contributed by atoms with Gasteiger partial charge in [0.25, 0.3) is 0 Å². The van der Waals surface area contributed by atoms with E-state index in [0.29, 0.717) is 13.1 Å². The molecule has 6 nitrogen and oxygen atoms in total. The van der Waals surface area contributed by atoms with Crippen LogP contribution in [0.15, 0.2) is 24.3 Å². The minimum Gasteiger partial charge on any atom is -0.491 e. The summed E-state index contributed by atoms with van der Waals surface area (Å²) in [6, 6.07) is 7.40. The fourth-order valence-electron chi connectivity index (χ4n) is 2.72. The molecule has 25 heavy (non-hydrogen) atoms. The van der Waals surface area contributed by atoms with Gasteiger partial charge in [0.15, 0.2) is 0 Å². The quantitative estimate of drug-likeness (QED) is 0.784. The second-order valence-corrected chi connectivity index (χ2v) is 7.01. The average Bonchev–Trinajstić information content (AvgIpc) is 3.05. The van der Waals surface area contributed by atoms with Gasteiger partial charge in [-0.2, -0.15) is 0 Å². The molecule has 1 aliphatic heterocycles. The van der Waals surface area contributed by atoms with Gasteiger partial charge in [-0.1, -0.05) is 0 Å². The topological polar surface area (TPSA) is 54.0 Å². The first-order chi connectivity index (χ1) is 11.9. The molecule has 140 valence electrons. The highest BCUT2D eigenvalue weighted by Gasteiger charge is 2.22. The van der Waals surface area contributed by atoms with Gasteiger partial charge in [-0.15, -0.1) is 0 Å². The Labute approximate surface area is 151 Å². The summed E-state index contributed by atoms with van der Waals surface area (Å²) in [5.74, 6) is 0.803. The normalized spacial score (nSPS) is 17.1. The molecule has 0 bridgehead atoms. The number of urea groups is 1. The summed E-state index contributed by atoms with van der Waals surface area (Å²) in [6.07, 6.45) is 2.38. The standard InChI is InChI=1S/C19H31N3O3/c1-15(2)25-17-9-7-16(8-10-17)20-19(23)22(12-11-21(3)4)14-18-6-5-13-24-18/h7-10,15,18H,5-6,11-14H2,1-4H3,(H,20,23)/t18-/m1/s1. The number of anilines is 1. The van der Waals surface area contributed by atoms with Crippen LogP contribution in [0.4, 0.5) is 10.5 Å². The molecule has 0 radical (unpaired) electrons. The van der Waals surface area contributed by atoms with Gasteiger partial charge in [0.2, 0.25) is 0 Å². The van der Waals surface area contributed by atoms with E-state index < -0.39 is 0 Å². The van der Waals surface area contributed by atoms with Gasteiger partial charge < -0.3 is 24.6 Å². The van der Waals surface area contributed by atoms with Gasteiger partial charge >= 0.3 is 6.03 Å². The van der Waals surface area contributed by atoms with Crippen molar-refractivity contribution in [3.63, 3.8) is 0 Å². The fourth-order valence-corrected chi connectivity index (χ4v) is 2.72. The molecular formula is C19H31N3O3. The van der Waals surface area contributed by atoms with E-state index in [4.69, 9.17) is 9.47 Å². The Hall–Kier alpha value is -1.79. The Morgan fingerprint density at radius 2 is 2.00 bits per heavy atom. The molecule has 1 atom stereocenters. The molecule has 2 rings (SSSR count). The summed E-state index contributed by atoms with van der Waals surface area (Å²) in [6.45, 7) is 6.90. The number of nitrogens with one attached hydrogen (secondary N) is 1. The van der Waals surface area contributed by atoms with Crippen molar-refractivity contribution in [2.24, 2.45) is 0 Å². The van der Waals surface area contributed by atoms with Crippen LogP contribution < -0.4 is 10.1 Å². The average molecular weight is 349 g/mol. The van der Waals surface area contributed by atoms with Crippen molar-refractivity contribution in [1.29, 1.82) is 0 Å². The lowest BCUT2D eigenvalue weighted by molar-refractivity contribution is 0.0820. The van der Waals surface area contributed by atoms with Crippen LogP contribution in [0, 0.1) is 0 Å². The predicted molar refractivity (Wildman–Crippen MR) is 100 cm³/mol. The maximum atomic E-state index is 12.7. The number of carbonyl (C=O) groups is 1. The molecule has 2 amide bonds. The third kappa shape index (κ3) is 6.92. The first-order valence-electron chi connectivity index (χ1n) is 9.03. The lowest BCUT2D eigenvalue weighted by Gasteiger charge is -2.27. The Morgan fingerprint density at radius 3 is 2.56 bits per heavy atom. The number of ether oxygens (including phenoxy) is 2. The van der Waals surface area contributed by atoms with E-state index in [1.165, 1.54) is 0 Å². The molecule has 0 saturated carbocycles. The van der Waals surface area contributed by atoms with E-state index >= 15 is 0 Å². The Balaban J connectivity index is 1.94. The molecule has 6 heteroatoms. The van der Waals surface area contributed by atoms with Gasteiger partial charge in [-0.05, 0) is 65.0 Å². The number of benzene rings is 1. The molecule has 1 aliphatic rings. The van der Waals surface area contributed by atoms with Gasteiger partial charge in [0, 0.05) is 31.9 Å². The summed E-state index contributed by atoms with van der Waals surface area (Å²) in [7, 11) is 4.02. The maximum Gasteiger partial charge on any atom is 0.321 e. The van der Waals surface area contributed by atoms with E-state index in [1.807, 2.05) is 57.1 Å². The van der Waals surface area contributed by atoms with E-state index in [1.54, 1.807) is 0 Å². The zero-order valence-corrected chi connectivity index (χ0v) is 15.8. The van der Waals surface area contributed by atoms with Crippen molar-refractivity contribution in [2.75, 3.05) is 45.7 Å². The van der Waals surface area contributed by atoms with Gasteiger partial charge in [-0.3, -0.25) is 0 Å². The summed E-state index contributed by atoms with van der Waals surface area (Å²) >= 11 is 0. The lowest BCUT2D eigenvalue weighted by atomic mass is 10.2. The smallest absolute Gasteiger partial charge is 0.321 e. The molecule has 1 saturated heterocycles. The number of hydrogen-bond acceptors (Lipinski definition) is 4. The lowest BCUT2D eigenvalue weighted by Crippen LogP contribution is -2.43. The van der Waals surface area contributed by atoms with Crippen molar-refractivity contribution in [1.82, 2.24) is 9.80 Å². The zero-order valence-electron chi connectivity index (χ0n) is 15.8. The van der Waals surface area contributed by atoms with Crippen LogP contribution in [-0.4, -0.2) is 68.4 Å². The minimum atomic E-state index is -0.0881. The summed E-state index contributed by atoms with van der Waals surface area (Å²) in [4.78, 5) is 16.6. The zero-order chi connectivity index (χ0) is 18.2. The highest BCUT2D eigenvalue weighted by molar-refractivity contribution is 5.89. The highest BCUT2D eigenvalue weighted by atomic mass is 16.5. The number of amides is 2. The predicted octanol–water partition coefficient (Wildman–Crippen LogP) is 3.05. The fraction of sp³-hybridized carbons (Fsp3) is 0.632. The van der Waals surface area contributed by atoms with Crippen LogP contribution >= 0.6 is 0 Å². The number of likely N-dealkylation sites (N-methyl/N-ethyl adjacent to an activating group) is 1. The van der Waals surface area contributed by atoms with E-state index in [0.717, 1.165) is 37.4 Å². The summed E-state index contributed by atoms with van der Waals surface area (Å²) in [5.41, 5.74) is 0.767. The first-order valence-corrected chi connectivity index (χ1v) is 9.03. The van der Waals surface area contributed by atoms with Gasteiger partial charge in [0.05, 0.1) is 12.2 Å². The van der Waals surface area contributed by atoms with Crippen LogP contribution in [0.2, 0.25) is 0 Å². The molecular weight excluding hydrogens is 318 g/mol. The summed E-state index contributed by atoms with van der Waals surface area (Å²) in [5, 5.41) is 2.98. The molecule has 1 fully saturated rings. The van der Waals surface area contributed by atoms with Crippen molar-refractivity contribution < 1.29 is 14.3 Å². The number of carbonyl (C=O) groups excluding carboxylic acids is 1. The number of hydrogen-bond donors (Lipinski definition) is 1. The van der Waals surface area contributed by atoms with E-state index in [2.05, 4.69) is 10.2 Å². The van der Waals surface area contributed by atoms with Crippen molar-refractivity contribution >= 4 is 11.7 Å². The van der Waals surface area contributed by atoms with Crippen molar-refractivity contribution in [2.45, 2.75) is 38.9 Å². The Morgan fingerprint density at radius 1 is 1.28 bits per heavy atom. The monoisotopic (exact) mass is 349 g/mol. The molecule has 0 unspecified atom stereocenters. The number of nitrogens with zero attached hydrogens (tertiary/aromatic N) is 2. The number of rotatable bonds is 8. The SMILES string of the molecule is CC(C)Oc1ccc(NC(=O)N(CCN(C)C)C[C@H]2CCCO2)cc1. The van der Waals surface area contributed by atoms with Gasteiger partial charge in [-0.25, -0.2) is 4.79 Å². The molecule has 0 spiro atoms. The first kappa shape index (κ1) is 19.5. The minimum absolute atomic E-state index is 0.0881. The van der Waals surface area contributed by atoms with Crippen LogP contribution in [0.3, 0.4) is 0 Å². The molecule has 1 heterocycles. The highest BCUT2D eigenvalue weighted by Crippen LogP contribution is 2.18. The van der Waals surface area contributed by atoms with E-state index in [-0.39, 0.29) is 18.2 Å². The van der Waals surface area contributed by atoms with Crippen LogP contribution in [0.5, 0.6) is 5.75 Å². The van der Waals surface area contributed by atoms with Crippen LogP contribution in [0.1, 0.15) is 26.7 Å². The molecule has 0 aliphatic carbocycles. The third-order valence-electron chi connectivity index (χ3n) is 4.03. The summed E-state index contributed by atoms with van der Waals surface area (Å²) < 4.78 is 11.3. The molecule has 1 aromatic carbocycles. The van der Waals surface area contributed by atoms with Crippen molar-refractivity contribution in [3.8, 4) is 5.75 Å². The second kappa shape index (κ2) is 9.63. The maximum absolute atomic E-state index is 12.7. The Kier molecular flexibility index (Phi) is 7.52. The molecule has 1 aromatic rings. The third-order valence-corrected chi connectivity index (χ3v) is 4.03. The second-order valence-electron chi connectivity index (χ2n) is 7.01. The van der Waals surface area contributed by atoms with E-state index in [9.17, 15) is 4.79 Å². The van der Waals surface area contributed by atoms with Crippen LogP contribution in [0.25, 0.3) is 0 Å². The van der Waals surface area contributed by atoms with Crippen molar-refractivity contribution in [3.05, 3.63) is 24.3 Å². The largest absolute Gasteiger partial charge is 0.491 e. The Bertz CT molecular complexity index is 525. The molecule has 0 aromatic heterocycles. The molecule has 1 N–H and O–H groups in total. The van der Waals surface area contributed by atoms with Crippen LogP contribution in [-0.2, 0) is 4.74 Å².